The molecule has 98 valence electrons. The summed E-state index contributed by atoms with van der Waals surface area (Å²) in [4.78, 5) is 16.2. The Morgan fingerprint density at radius 3 is 2.89 bits per heavy atom. The Labute approximate surface area is 110 Å². The fraction of sp³-hybridized carbons (Fsp3) is 0.385. The van der Waals surface area contributed by atoms with Gasteiger partial charge in [0.2, 0.25) is 0 Å². The Morgan fingerprint density at radius 2 is 2.26 bits per heavy atom. The topological polar surface area (TPSA) is 80.8 Å². The predicted octanol–water partition coefficient (Wildman–Crippen LogP) is 1.75. The minimum atomic E-state index is -0.404. The van der Waals surface area contributed by atoms with E-state index in [4.69, 9.17) is 10.00 Å². The number of hydrogen-bond acceptors (Lipinski definition) is 5. The smallest absolute Gasteiger partial charge is 0.338 e. The molecular weight excluding hydrogens is 244 g/mol. The largest absolute Gasteiger partial charge is 0.465 e. The average Bonchev–Trinajstić information content (AvgIpc) is 2.71. The summed E-state index contributed by atoms with van der Waals surface area (Å²) in [7, 11) is 1.35. The van der Waals surface area contributed by atoms with Crippen LogP contribution < -0.4 is 0 Å². The zero-order valence-corrected chi connectivity index (χ0v) is 11.1. The Kier molecular flexibility index (Phi) is 3.47. The van der Waals surface area contributed by atoms with Crippen molar-refractivity contribution in [2.75, 3.05) is 7.11 Å². The zero-order valence-electron chi connectivity index (χ0n) is 11.1. The number of nitrogens with zero attached hydrogens (tertiary/aromatic N) is 4. The van der Waals surface area contributed by atoms with E-state index in [0.29, 0.717) is 41.0 Å². The first-order valence-corrected chi connectivity index (χ1v) is 5.88. The maximum Gasteiger partial charge on any atom is 0.338 e. The van der Waals surface area contributed by atoms with Crippen molar-refractivity contribution in [3.8, 4) is 6.07 Å². The van der Waals surface area contributed by atoms with Gasteiger partial charge < -0.3 is 4.74 Å². The second-order valence-electron chi connectivity index (χ2n) is 4.22. The molecular formula is C13H14N4O2. The van der Waals surface area contributed by atoms with Gasteiger partial charge in [-0.1, -0.05) is 0 Å². The summed E-state index contributed by atoms with van der Waals surface area (Å²) in [6.07, 6.45) is 0.347. The summed E-state index contributed by atoms with van der Waals surface area (Å²) in [6, 6.07) is 3.77. The molecule has 0 spiro atoms. The van der Waals surface area contributed by atoms with Crippen LogP contribution in [0.15, 0.2) is 6.07 Å². The molecule has 0 amide bonds. The van der Waals surface area contributed by atoms with Crippen LogP contribution >= 0.6 is 0 Å². The van der Waals surface area contributed by atoms with Gasteiger partial charge in [0.1, 0.15) is 0 Å². The summed E-state index contributed by atoms with van der Waals surface area (Å²) in [5, 5.41) is 13.7. The Balaban J connectivity index is 2.69. The van der Waals surface area contributed by atoms with Crippen molar-refractivity contribution in [3.63, 3.8) is 0 Å². The number of fused-ring (bicyclic) bond motifs is 1. The molecule has 2 heterocycles. The van der Waals surface area contributed by atoms with Gasteiger partial charge in [-0.25, -0.2) is 14.5 Å². The lowest BCUT2D eigenvalue weighted by molar-refractivity contribution is 0.0602. The third-order valence-electron chi connectivity index (χ3n) is 2.85. The first-order chi connectivity index (χ1) is 9.08. The number of carbonyl (C=O) groups is 1. The van der Waals surface area contributed by atoms with E-state index in [1.165, 1.54) is 7.11 Å². The van der Waals surface area contributed by atoms with Gasteiger partial charge in [-0.05, 0) is 19.9 Å². The molecule has 2 aromatic heterocycles. The van der Waals surface area contributed by atoms with Crippen molar-refractivity contribution >= 4 is 17.0 Å². The van der Waals surface area contributed by atoms with Crippen LogP contribution in [0.25, 0.3) is 11.0 Å². The summed E-state index contributed by atoms with van der Waals surface area (Å²) in [5.41, 5.74) is 2.51. The number of nitriles is 1. The van der Waals surface area contributed by atoms with E-state index in [2.05, 4.69) is 16.2 Å². The third-order valence-corrected chi connectivity index (χ3v) is 2.85. The molecule has 0 atom stereocenters. The molecule has 2 rings (SSSR count). The van der Waals surface area contributed by atoms with E-state index in [0.717, 1.165) is 0 Å². The zero-order chi connectivity index (χ0) is 14.0. The van der Waals surface area contributed by atoms with E-state index >= 15 is 0 Å². The van der Waals surface area contributed by atoms with Gasteiger partial charge in [0.25, 0.3) is 0 Å². The third kappa shape index (κ3) is 2.27. The molecule has 0 saturated carbocycles. The molecule has 0 aromatic carbocycles. The monoisotopic (exact) mass is 258 g/mol. The number of methoxy groups -OCH3 is 1. The molecule has 0 unspecified atom stereocenters. The number of ether oxygens (including phenoxy) is 1. The quantitative estimate of drug-likeness (QED) is 0.783. The lowest BCUT2D eigenvalue weighted by atomic mass is 10.1. The van der Waals surface area contributed by atoms with Crippen LogP contribution in [0.4, 0.5) is 0 Å². The van der Waals surface area contributed by atoms with Gasteiger partial charge in [0.05, 0.1) is 42.8 Å². The molecule has 0 radical (unpaired) electrons. The van der Waals surface area contributed by atoms with Gasteiger partial charge in [-0.15, -0.1) is 0 Å². The normalized spacial score (nSPS) is 10.4. The molecule has 0 aliphatic heterocycles. The van der Waals surface area contributed by atoms with E-state index in [1.54, 1.807) is 10.7 Å². The van der Waals surface area contributed by atoms with Gasteiger partial charge >= 0.3 is 5.97 Å². The van der Waals surface area contributed by atoms with Crippen molar-refractivity contribution in [1.29, 1.82) is 5.26 Å². The molecule has 6 nitrogen and oxygen atoms in total. The molecule has 2 aromatic rings. The summed E-state index contributed by atoms with van der Waals surface area (Å²) >= 11 is 0. The summed E-state index contributed by atoms with van der Waals surface area (Å²) in [5.74, 6) is -0.404. The van der Waals surface area contributed by atoms with Crippen molar-refractivity contribution in [1.82, 2.24) is 14.8 Å². The van der Waals surface area contributed by atoms with Crippen molar-refractivity contribution in [3.05, 3.63) is 23.0 Å². The minimum Gasteiger partial charge on any atom is -0.465 e. The van der Waals surface area contributed by atoms with Gasteiger partial charge in [-0.2, -0.15) is 10.4 Å². The van der Waals surface area contributed by atoms with Crippen LogP contribution in [0.5, 0.6) is 0 Å². The molecule has 0 aliphatic rings. The van der Waals surface area contributed by atoms with E-state index < -0.39 is 5.97 Å². The molecule has 0 N–H and O–H groups in total. The van der Waals surface area contributed by atoms with Gasteiger partial charge in [0.15, 0.2) is 5.65 Å². The molecule has 0 bridgehead atoms. The second-order valence-corrected chi connectivity index (χ2v) is 4.22. The fourth-order valence-corrected chi connectivity index (χ4v) is 2.06. The lowest BCUT2D eigenvalue weighted by Gasteiger charge is -2.04. The number of rotatable bonds is 3. The Hall–Kier alpha value is -2.42. The highest BCUT2D eigenvalue weighted by molar-refractivity contribution is 6.03. The summed E-state index contributed by atoms with van der Waals surface area (Å²) < 4.78 is 6.45. The predicted molar refractivity (Wildman–Crippen MR) is 68.6 cm³/mol. The van der Waals surface area contributed by atoms with E-state index in [9.17, 15) is 4.79 Å². The number of carbonyl (C=O) groups excluding carboxylic acids is 1. The van der Waals surface area contributed by atoms with E-state index in [1.807, 2.05) is 13.8 Å². The van der Waals surface area contributed by atoms with Crippen LogP contribution in [0.3, 0.4) is 0 Å². The van der Waals surface area contributed by atoms with Gasteiger partial charge in [-0.3, -0.25) is 0 Å². The van der Waals surface area contributed by atoms with Crippen molar-refractivity contribution in [2.45, 2.75) is 26.8 Å². The highest BCUT2D eigenvalue weighted by atomic mass is 16.5. The number of aryl methyl sites for hydroxylation is 3. The molecule has 0 fully saturated rings. The fourth-order valence-electron chi connectivity index (χ4n) is 2.06. The van der Waals surface area contributed by atoms with Crippen LogP contribution in [-0.2, 0) is 11.3 Å². The SMILES string of the molecule is COC(=O)c1cc(C)nc2c1c(C)nn2CCC#N. The number of esters is 1. The standard InChI is InChI=1S/C13H14N4O2/c1-8-7-10(13(18)19-3)11-9(2)16-17(6-4-5-14)12(11)15-8/h7H,4,6H2,1-3H3. The van der Waals surface area contributed by atoms with Crippen LogP contribution in [0.2, 0.25) is 0 Å². The summed E-state index contributed by atoms with van der Waals surface area (Å²) in [6.45, 7) is 4.08. The van der Waals surface area contributed by atoms with Crippen molar-refractivity contribution < 1.29 is 9.53 Å². The van der Waals surface area contributed by atoms with Crippen LogP contribution in [0, 0.1) is 25.2 Å². The van der Waals surface area contributed by atoms with E-state index in [-0.39, 0.29) is 0 Å². The molecule has 19 heavy (non-hydrogen) atoms. The number of hydrogen-bond donors (Lipinski definition) is 0. The van der Waals surface area contributed by atoms with Crippen LogP contribution in [0.1, 0.15) is 28.2 Å². The van der Waals surface area contributed by atoms with Crippen molar-refractivity contribution in [2.24, 2.45) is 0 Å². The Bertz CT molecular complexity index is 682. The number of pyridine rings is 1. The lowest BCUT2D eigenvalue weighted by Crippen LogP contribution is -2.05. The molecule has 0 saturated heterocycles. The highest BCUT2D eigenvalue weighted by Crippen LogP contribution is 2.23. The minimum absolute atomic E-state index is 0.347. The Morgan fingerprint density at radius 1 is 1.53 bits per heavy atom. The molecule has 0 aliphatic carbocycles. The second kappa shape index (κ2) is 5.06. The average molecular weight is 258 g/mol. The number of aromatic nitrogens is 3. The first-order valence-electron chi connectivity index (χ1n) is 5.88. The highest BCUT2D eigenvalue weighted by Gasteiger charge is 2.18. The van der Waals surface area contributed by atoms with Gasteiger partial charge in [0, 0.05) is 5.69 Å². The van der Waals surface area contributed by atoms with Crippen LogP contribution in [-0.4, -0.2) is 27.8 Å². The first kappa shape index (κ1) is 13.0. The molecule has 6 heteroatoms. The maximum atomic E-state index is 11.8. The maximum absolute atomic E-state index is 11.8.